The van der Waals surface area contributed by atoms with Crippen molar-refractivity contribution in [3.8, 4) is 0 Å². The standard InChI is InChI=1S/C9H15NO2/c1-3-5-7-6(4-2)8(11)10-9(7)12/h6-7H,3-5H2,1-2H3,(H,10,11,12). The first-order chi connectivity index (χ1) is 5.70. The van der Waals surface area contributed by atoms with Gasteiger partial charge in [0.2, 0.25) is 11.8 Å². The normalized spacial score (nSPS) is 29.2. The molecule has 0 saturated carbocycles. The highest BCUT2D eigenvalue weighted by Gasteiger charge is 2.39. The molecule has 0 spiro atoms. The quantitative estimate of drug-likeness (QED) is 0.643. The number of rotatable bonds is 3. The SMILES string of the molecule is CCCC1C(=O)NC(=O)C1CC. The molecule has 2 amide bonds. The zero-order chi connectivity index (χ0) is 9.14. The van der Waals surface area contributed by atoms with E-state index in [1.807, 2.05) is 13.8 Å². The fraction of sp³-hybridized carbons (Fsp3) is 0.778. The predicted molar refractivity (Wildman–Crippen MR) is 45.3 cm³/mol. The van der Waals surface area contributed by atoms with Gasteiger partial charge in [0.25, 0.3) is 0 Å². The van der Waals surface area contributed by atoms with Crippen LogP contribution < -0.4 is 5.32 Å². The summed E-state index contributed by atoms with van der Waals surface area (Å²) in [7, 11) is 0. The molecule has 1 aliphatic heterocycles. The molecule has 12 heavy (non-hydrogen) atoms. The zero-order valence-electron chi connectivity index (χ0n) is 7.59. The third-order valence-electron chi connectivity index (χ3n) is 2.45. The Hall–Kier alpha value is -0.860. The van der Waals surface area contributed by atoms with Gasteiger partial charge in [-0.2, -0.15) is 0 Å². The third-order valence-corrected chi connectivity index (χ3v) is 2.45. The summed E-state index contributed by atoms with van der Waals surface area (Å²) in [4.78, 5) is 22.4. The molecule has 0 radical (unpaired) electrons. The average molecular weight is 169 g/mol. The highest BCUT2D eigenvalue weighted by atomic mass is 16.2. The van der Waals surface area contributed by atoms with E-state index >= 15 is 0 Å². The lowest BCUT2D eigenvalue weighted by Gasteiger charge is -2.10. The maximum absolute atomic E-state index is 11.2. The third kappa shape index (κ3) is 1.49. The van der Waals surface area contributed by atoms with Crippen molar-refractivity contribution in [2.24, 2.45) is 11.8 Å². The monoisotopic (exact) mass is 169 g/mol. The lowest BCUT2D eigenvalue weighted by Crippen LogP contribution is -2.22. The number of nitrogens with one attached hydrogen (secondary N) is 1. The minimum absolute atomic E-state index is 0.0625. The fourth-order valence-corrected chi connectivity index (χ4v) is 1.79. The van der Waals surface area contributed by atoms with E-state index in [1.54, 1.807) is 0 Å². The minimum atomic E-state index is -0.0825. The maximum atomic E-state index is 11.2. The molecular formula is C9H15NO2. The van der Waals surface area contributed by atoms with Crippen LogP contribution in [0.2, 0.25) is 0 Å². The van der Waals surface area contributed by atoms with Crippen LogP contribution in [0.5, 0.6) is 0 Å². The second-order valence-corrected chi connectivity index (χ2v) is 3.26. The van der Waals surface area contributed by atoms with Crippen LogP contribution in [0.25, 0.3) is 0 Å². The van der Waals surface area contributed by atoms with E-state index in [0.717, 1.165) is 19.3 Å². The highest BCUT2D eigenvalue weighted by molar-refractivity contribution is 6.04. The van der Waals surface area contributed by atoms with E-state index < -0.39 is 0 Å². The molecule has 0 aromatic heterocycles. The molecule has 1 heterocycles. The summed E-state index contributed by atoms with van der Waals surface area (Å²) in [6.07, 6.45) is 2.56. The van der Waals surface area contributed by atoms with Gasteiger partial charge in [0, 0.05) is 11.8 Å². The number of carbonyl (C=O) groups is 2. The van der Waals surface area contributed by atoms with Gasteiger partial charge >= 0.3 is 0 Å². The lowest BCUT2D eigenvalue weighted by molar-refractivity contribution is -0.126. The first-order valence-corrected chi connectivity index (χ1v) is 4.55. The van der Waals surface area contributed by atoms with E-state index in [-0.39, 0.29) is 23.7 Å². The number of imide groups is 1. The molecule has 0 aromatic carbocycles. The molecule has 0 aromatic rings. The summed E-state index contributed by atoms with van der Waals surface area (Å²) in [5.41, 5.74) is 0. The summed E-state index contributed by atoms with van der Waals surface area (Å²) in [5, 5.41) is 2.37. The van der Waals surface area contributed by atoms with Crippen molar-refractivity contribution in [3.05, 3.63) is 0 Å². The Morgan fingerprint density at radius 1 is 1.17 bits per heavy atom. The topological polar surface area (TPSA) is 46.2 Å². The summed E-state index contributed by atoms with van der Waals surface area (Å²) >= 11 is 0. The van der Waals surface area contributed by atoms with Crippen LogP contribution in [-0.4, -0.2) is 11.8 Å². The van der Waals surface area contributed by atoms with E-state index in [2.05, 4.69) is 5.32 Å². The van der Waals surface area contributed by atoms with E-state index in [0.29, 0.717) is 0 Å². The Labute approximate surface area is 72.5 Å². The highest BCUT2D eigenvalue weighted by Crippen LogP contribution is 2.26. The molecule has 1 fully saturated rings. The van der Waals surface area contributed by atoms with Crippen LogP contribution in [-0.2, 0) is 9.59 Å². The molecular weight excluding hydrogens is 154 g/mol. The van der Waals surface area contributed by atoms with Gasteiger partial charge in [0.15, 0.2) is 0 Å². The van der Waals surface area contributed by atoms with Gasteiger partial charge in [-0.1, -0.05) is 20.3 Å². The van der Waals surface area contributed by atoms with Gasteiger partial charge in [-0.3, -0.25) is 14.9 Å². The van der Waals surface area contributed by atoms with Gasteiger partial charge in [0.05, 0.1) is 0 Å². The van der Waals surface area contributed by atoms with Crippen molar-refractivity contribution in [2.75, 3.05) is 0 Å². The van der Waals surface area contributed by atoms with Gasteiger partial charge < -0.3 is 0 Å². The van der Waals surface area contributed by atoms with Gasteiger partial charge in [-0.15, -0.1) is 0 Å². The lowest BCUT2D eigenvalue weighted by atomic mass is 9.89. The first-order valence-electron chi connectivity index (χ1n) is 4.55. The van der Waals surface area contributed by atoms with Crippen molar-refractivity contribution >= 4 is 11.8 Å². The van der Waals surface area contributed by atoms with Gasteiger partial charge in [-0.25, -0.2) is 0 Å². The Balaban J connectivity index is 2.68. The average Bonchev–Trinajstić information content (AvgIpc) is 2.28. The Morgan fingerprint density at radius 2 is 1.75 bits per heavy atom. The molecule has 2 unspecified atom stereocenters. The van der Waals surface area contributed by atoms with Crippen LogP contribution in [0, 0.1) is 11.8 Å². The van der Waals surface area contributed by atoms with Crippen molar-refractivity contribution in [2.45, 2.75) is 33.1 Å². The molecule has 68 valence electrons. The van der Waals surface area contributed by atoms with Crippen LogP contribution in [0.4, 0.5) is 0 Å². The molecule has 2 atom stereocenters. The molecule has 1 aliphatic rings. The number of carbonyl (C=O) groups excluding carboxylic acids is 2. The smallest absolute Gasteiger partial charge is 0.230 e. The Bertz CT molecular complexity index is 201. The van der Waals surface area contributed by atoms with E-state index in [1.165, 1.54) is 0 Å². The van der Waals surface area contributed by atoms with Crippen LogP contribution >= 0.6 is 0 Å². The van der Waals surface area contributed by atoms with E-state index in [9.17, 15) is 9.59 Å². The first kappa shape index (κ1) is 9.23. The summed E-state index contributed by atoms with van der Waals surface area (Å²) < 4.78 is 0. The summed E-state index contributed by atoms with van der Waals surface area (Å²) in [6.45, 7) is 3.98. The van der Waals surface area contributed by atoms with Crippen molar-refractivity contribution in [1.82, 2.24) is 5.32 Å². The van der Waals surface area contributed by atoms with Crippen molar-refractivity contribution in [3.63, 3.8) is 0 Å². The number of amides is 2. The molecule has 1 N–H and O–H groups in total. The number of hydrogen-bond donors (Lipinski definition) is 1. The minimum Gasteiger partial charge on any atom is -0.296 e. The Morgan fingerprint density at radius 3 is 2.25 bits per heavy atom. The largest absolute Gasteiger partial charge is 0.296 e. The summed E-state index contributed by atoms with van der Waals surface area (Å²) in [5.74, 6) is -0.292. The predicted octanol–water partition coefficient (Wildman–Crippen LogP) is 1.09. The number of hydrogen-bond acceptors (Lipinski definition) is 2. The van der Waals surface area contributed by atoms with Crippen LogP contribution in [0.15, 0.2) is 0 Å². The molecule has 3 nitrogen and oxygen atoms in total. The molecule has 1 saturated heterocycles. The molecule has 0 bridgehead atoms. The summed E-state index contributed by atoms with van der Waals surface area (Å²) in [6, 6.07) is 0. The molecule has 1 rings (SSSR count). The van der Waals surface area contributed by atoms with E-state index in [4.69, 9.17) is 0 Å². The molecule has 3 heteroatoms. The second kappa shape index (κ2) is 3.70. The van der Waals surface area contributed by atoms with Crippen molar-refractivity contribution in [1.29, 1.82) is 0 Å². The maximum Gasteiger partial charge on any atom is 0.230 e. The van der Waals surface area contributed by atoms with Crippen LogP contribution in [0.3, 0.4) is 0 Å². The van der Waals surface area contributed by atoms with Gasteiger partial charge in [0.1, 0.15) is 0 Å². The second-order valence-electron chi connectivity index (χ2n) is 3.26. The molecule has 0 aliphatic carbocycles. The Kier molecular flexibility index (Phi) is 2.84. The fourth-order valence-electron chi connectivity index (χ4n) is 1.79. The van der Waals surface area contributed by atoms with Crippen LogP contribution in [0.1, 0.15) is 33.1 Å². The van der Waals surface area contributed by atoms with Crippen molar-refractivity contribution < 1.29 is 9.59 Å². The van der Waals surface area contributed by atoms with Gasteiger partial charge in [-0.05, 0) is 12.8 Å². The zero-order valence-corrected chi connectivity index (χ0v) is 7.59.